The molecule has 0 aliphatic rings. The molecule has 0 amide bonds. The fourth-order valence-electron chi connectivity index (χ4n) is 1.55. The molecule has 3 heteroatoms. The van der Waals surface area contributed by atoms with E-state index in [1.54, 1.807) is 0 Å². The van der Waals surface area contributed by atoms with Crippen molar-refractivity contribution in [2.24, 2.45) is 0 Å². The second-order valence-electron chi connectivity index (χ2n) is 6.60. The lowest BCUT2D eigenvalue weighted by atomic mass is 10.2. The number of benzene rings is 1. The minimum atomic E-state index is -1.83. The van der Waals surface area contributed by atoms with Crippen LogP contribution in [-0.2, 0) is 8.85 Å². The Morgan fingerprint density at radius 3 is 1.74 bits per heavy atom. The van der Waals surface area contributed by atoms with E-state index >= 15 is 0 Å². The van der Waals surface area contributed by atoms with Gasteiger partial charge >= 0.3 is 9.28 Å². The van der Waals surface area contributed by atoms with Crippen molar-refractivity contribution in [3.63, 3.8) is 0 Å². The maximum absolute atomic E-state index is 6.07. The Morgan fingerprint density at radius 2 is 1.32 bits per heavy atom. The quantitative estimate of drug-likeness (QED) is 0.772. The summed E-state index contributed by atoms with van der Waals surface area (Å²) in [6.07, 6.45) is 2.09. The molecule has 0 spiro atoms. The Morgan fingerprint density at radius 1 is 0.842 bits per heavy atom. The van der Waals surface area contributed by atoms with Crippen molar-refractivity contribution in [2.75, 3.05) is 0 Å². The van der Waals surface area contributed by atoms with Gasteiger partial charge in [-0.25, -0.2) is 0 Å². The molecule has 1 aromatic carbocycles. The van der Waals surface area contributed by atoms with Crippen molar-refractivity contribution in [3.8, 4) is 0 Å². The van der Waals surface area contributed by atoms with Gasteiger partial charge in [-0.15, -0.1) is 0 Å². The van der Waals surface area contributed by atoms with E-state index in [4.69, 9.17) is 8.85 Å². The fourth-order valence-corrected chi connectivity index (χ4v) is 3.53. The van der Waals surface area contributed by atoms with Gasteiger partial charge in [0.05, 0.1) is 11.2 Å². The van der Waals surface area contributed by atoms with Crippen molar-refractivity contribution in [1.82, 2.24) is 0 Å². The van der Waals surface area contributed by atoms with Crippen LogP contribution in [0.3, 0.4) is 0 Å². The summed E-state index contributed by atoms with van der Waals surface area (Å²) in [6.45, 7) is 12.4. The Hall–Kier alpha value is -0.903. The first-order valence-electron chi connectivity index (χ1n) is 6.75. The minimum absolute atomic E-state index is 0.177. The predicted octanol–water partition coefficient (Wildman–Crippen LogP) is 4.09. The van der Waals surface area contributed by atoms with Gasteiger partial charge in [0.25, 0.3) is 0 Å². The molecule has 0 aromatic heterocycles. The Balaban J connectivity index is 2.76. The highest BCUT2D eigenvalue weighted by molar-refractivity contribution is 6.51. The van der Waals surface area contributed by atoms with Gasteiger partial charge in [0.15, 0.2) is 0 Å². The van der Waals surface area contributed by atoms with Crippen LogP contribution in [0.5, 0.6) is 0 Å². The monoisotopic (exact) mass is 278 g/mol. The molecule has 0 heterocycles. The maximum Gasteiger partial charge on any atom is 0.349 e. The van der Waals surface area contributed by atoms with Crippen molar-refractivity contribution >= 4 is 15.4 Å². The largest absolute Gasteiger partial charge is 0.389 e. The summed E-state index contributed by atoms with van der Waals surface area (Å²) < 4.78 is 12.1. The van der Waals surface area contributed by atoms with Gasteiger partial charge < -0.3 is 8.85 Å². The van der Waals surface area contributed by atoms with Gasteiger partial charge in [0, 0.05) is 0 Å². The smallest absolute Gasteiger partial charge is 0.349 e. The van der Waals surface area contributed by atoms with Crippen LogP contribution in [0.4, 0.5) is 0 Å². The predicted molar refractivity (Wildman–Crippen MR) is 84.3 cm³/mol. The van der Waals surface area contributed by atoms with E-state index < -0.39 is 9.28 Å². The molecule has 0 unspecified atom stereocenters. The van der Waals surface area contributed by atoms with Crippen molar-refractivity contribution in [3.05, 3.63) is 41.6 Å². The van der Waals surface area contributed by atoms with E-state index in [2.05, 4.69) is 65.5 Å². The summed E-state index contributed by atoms with van der Waals surface area (Å²) in [4.78, 5) is 0. The van der Waals surface area contributed by atoms with Crippen LogP contribution in [0.25, 0.3) is 6.08 Å². The zero-order valence-electron chi connectivity index (χ0n) is 12.9. The molecular formula is C16H26O2Si. The lowest BCUT2D eigenvalue weighted by Gasteiger charge is -2.30. The highest BCUT2D eigenvalue weighted by atomic mass is 28.3. The van der Waals surface area contributed by atoms with Crippen LogP contribution in [0.15, 0.2) is 36.0 Å². The SMILES string of the molecule is CC(C)(C)O[SiH](C=Cc1ccccc1)OC(C)(C)C. The molecule has 1 aromatic rings. The van der Waals surface area contributed by atoms with Crippen molar-refractivity contribution < 1.29 is 8.85 Å². The van der Waals surface area contributed by atoms with Crippen LogP contribution in [0.1, 0.15) is 47.1 Å². The van der Waals surface area contributed by atoms with E-state index in [9.17, 15) is 0 Å². The van der Waals surface area contributed by atoms with Crippen LogP contribution < -0.4 is 0 Å². The molecule has 0 radical (unpaired) electrons. The molecule has 0 fully saturated rings. The molecule has 2 nitrogen and oxygen atoms in total. The summed E-state index contributed by atoms with van der Waals surface area (Å²) in [5.74, 6) is 0. The summed E-state index contributed by atoms with van der Waals surface area (Å²) in [5.41, 5.74) is 2.92. The number of rotatable bonds is 4. The van der Waals surface area contributed by atoms with Gasteiger partial charge in [0.1, 0.15) is 0 Å². The molecule has 0 aliphatic heterocycles. The van der Waals surface area contributed by atoms with Crippen LogP contribution in [0, 0.1) is 0 Å². The van der Waals surface area contributed by atoms with E-state index in [0.29, 0.717) is 0 Å². The molecule has 106 valence electrons. The first-order chi connectivity index (χ1) is 8.66. The third-order valence-electron chi connectivity index (χ3n) is 2.18. The third-order valence-corrected chi connectivity index (χ3v) is 4.57. The lowest BCUT2D eigenvalue weighted by Crippen LogP contribution is -2.37. The van der Waals surface area contributed by atoms with E-state index in [1.165, 1.54) is 5.56 Å². The first-order valence-corrected chi connectivity index (χ1v) is 8.36. The minimum Gasteiger partial charge on any atom is -0.389 e. The van der Waals surface area contributed by atoms with Crippen LogP contribution in [0.2, 0.25) is 0 Å². The van der Waals surface area contributed by atoms with E-state index in [1.807, 2.05) is 18.2 Å². The maximum atomic E-state index is 6.07. The molecule has 19 heavy (non-hydrogen) atoms. The van der Waals surface area contributed by atoms with Crippen LogP contribution >= 0.6 is 0 Å². The molecule has 0 bridgehead atoms. The zero-order valence-corrected chi connectivity index (χ0v) is 14.1. The fraction of sp³-hybridized carbons (Fsp3) is 0.500. The summed E-state index contributed by atoms with van der Waals surface area (Å²) >= 11 is 0. The molecule has 1 rings (SSSR count). The molecule has 0 saturated heterocycles. The Labute approximate surface area is 119 Å². The molecule has 0 saturated carbocycles. The topological polar surface area (TPSA) is 18.5 Å². The van der Waals surface area contributed by atoms with E-state index in [-0.39, 0.29) is 11.2 Å². The Bertz CT molecular complexity index is 383. The average molecular weight is 278 g/mol. The lowest BCUT2D eigenvalue weighted by molar-refractivity contribution is 0.0402. The average Bonchev–Trinajstić information content (AvgIpc) is 2.23. The van der Waals surface area contributed by atoms with Crippen molar-refractivity contribution in [2.45, 2.75) is 52.7 Å². The van der Waals surface area contributed by atoms with Gasteiger partial charge in [-0.2, -0.15) is 0 Å². The normalized spacial score (nSPS) is 13.4. The zero-order chi connectivity index (χ0) is 14.5. The second kappa shape index (κ2) is 6.50. The Kier molecular flexibility index (Phi) is 5.53. The second-order valence-corrected chi connectivity index (χ2v) is 8.19. The van der Waals surface area contributed by atoms with Gasteiger partial charge in [-0.1, -0.05) is 36.4 Å². The number of hydrogen-bond donors (Lipinski definition) is 0. The van der Waals surface area contributed by atoms with E-state index in [0.717, 1.165) is 0 Å². The highest BCUT2D eigenvalue weighted by Crippen LogP contribution is 2.17. The molecular weight excluding hydrogens is 252 g/mol. The standard InChI is InChI=1S/C16H26O2Si/c1-15(2,3)17-19(18-16(4,5)6)13-12-14-10-8-7-9-11-14/h7-13,19H,1-6H3. The summed E-state index contributed by atoms with van der Waals surface area (Å²) in [7, 11) is -1.83. The molecule has 0 N–H and O–H groups in total. The molecule has 0 aliphatic carbocycles. The highest BCUT2D eigenvalue weighted by Gasteiger charge is 2.24. The summed E-state index contributed by atoms with van der Waals surface area (Å²) in [6, 6.07) is 10.2. The van der Waals surface area contributed by atoms with Gasteiger partial charge in [-0.05, 0) is 52.8 Å². The first kappa shape index (κ1) is 16.2. The number of hydrogen-bond acceptors (Lipinski definition) is 2. The van der Waals surface area contributed by atoms with Crippen LogP contribution in [-0.4, -0.2) is 20.5 Å². The summed E-state index contributed by atoms with van der Waals surface area (Å²) in [5, 5.41) is 0. The van der Waals surface area contributed by atoms with Gasteiger partial charge in [-0.3, -0.25) is 0 Å². The molecule has 0 atom stereocenters. The van der Waals surface area contributed by atoms with Gasteiger partial charge in [0.2, 0.25) is 0 Å². The third kappa shape index (κ3) is 7.98. The van der Waals surface area contributed by atoms with Crippen molar-refractivity contribution in [1.29, 1.82) is 0 Å².